The number of rotatable bonds is 2. The number of fused-ring (bicyclic) bond motifs is 3. The lowest BCUT2D eigenvalue weighted by atomic mass is 9.59. The lowest BCUT2D eigenvalue weighted by Crippen LogP contribution is -2.58. The summed E-state index contributed by atoms with van der Waals surface area (Å²) >= 11 is 0. The summed E-state index contributed by atoms with van der Waals surface area (Å²) in [7, 11) is 0. The number of aliphatic hydroxyl groups excluding tert-OH is 3. The van der Waals surface area contributed by atoms with Crippen LogP contribution >= 0.6 is 0 Å². The third-order valence-electron chi connectivity index (χ3n) is 7.13. The van der Waals surface area contributed by atoms with Crippen molar-refractivity contribution >= 4 is 28.9 Å². The van der Waals surface area contributed by atoms with Gasteiger partial charge in [0, 0.05) is 36.7 Å². The Bertz CT molecular complexity index is 1160. The highest BCUT2D eigenvalue weighted by molar-refractivity contribution is 6.22. The van der Waals surface area contributed by atoms with Crippen LogP contribution in [0.15, 0.2) is 29.0 Å². The van der Waals surface area contributed by atoms with Gasteiger partial charge >= 0.3 is 0 Å². The van der Waals surface area contributed by atoms with Gasteiger partial charge < -0.3 is 36.2 Å². The van der Waals surface area contributed by atoms with E-state index in [0.29, 0.717) is 24.3 Å². The quantitative estimate of drug-likeness (QED) is 0.332. The van der Waals surface area contributed by atoms with Gasteiger partial charge in [-0.15, -0.1) is 0 Å². The number of hydrogen-bond donors (Lipinski definition) is 6. The van der Waals surface area contributed by atoms with Crippen LogP contribution in [0.2, 0.25) is 0 Å². The number of primary amides is 1. The standard InChI is InChI=1S/C22H22N2O8/c23-21(31)17-14(27)5-9-3-8-4-11-12(24-6-10(25)7-24)1-2-13(26)16(11)18(28)15(8)19(29)22(9,32)20(17)30/h1-2,8-10,25-26,28,30,32H,3-7H2,(H2,23,31)/t8-,9+,22+/m1/s1. The Hall–Kier alpha value is -3.37. The van der Waals surface area contributed by atoms with Crippen LogP contribution in [0.25, 0.3) is 5.76 Å². The first-order valence-corrected chi connectivity index (χ1v) is 10.3. The van der Waals surface area contributed by atoms with Crippen LogP contribution < -0.4 is 10.6 Å². The van der Waals surface area contributed by atoms with Crippen molar-refractivity contribution in [3.8, 4) is 5.75 Å². The molecule has 5 rings (SSSR count). The molecule has 4 aliphatic rings. The van der Waals surface area contributed by atoms with Gasteiger partial charge in [-0.3, -0.25) is 14.4 Å². The SMILES string of the molecule is NC(=O)C1=C(O)[C@@]2(O)C(=O)C3=C(O)c4c(O)ccc(N5CC(O)C5)c4C[C@H]3C[C@H]2CC1=O. The summed E-state index contributed by atoms with van der Waals surface area (Å²) in [6.45, 7) is 0.785. The molecule has 10 nitrogen and oxygen atoms in total. The van der Waals surface area contributed by atoms with Crippen molar-refractivity contribution in [2.45, 2.75) is 31.0 Å². The first kappa shape index (κ1) is 20.5. The highest BCUT2D eigenvalue weighted by Crippen LogP contribution is 2.53. The number of phenolic OH excluding ortho intramolecular Hbond substituents is 1. The predicted molar refractivity (Wildman–Crippen MR) is 110 cm³/mol. The van der Waals surface area contributed by atoms with Crippen LogP contribution in [0.5, 0.6) is 5.75 Å². The minimum absolute atomic E-state index is 0.0519. The summed E-state index contributed by atoms with van der Waals surface area (Å²) in [6, 6.07) is 3.06. The number of β-amino-alcohol motifs (C(OH)–C–C–N with tert-alkyl or cyclic N) is 1. The third-order valence-corrected chi connectivity index (χ3v) is 7.13. The molecule has 1 saturated heterocycles. The van der Waals surface area contributed by atoms with Gasteiger partial charge in [-0.2, -0.15) is 0 Å². The molecule has 1 aliphatic heterocycles. The van der Waals surface area contributed by atoms with Gasteiger partial charge in [0.15, 0.2) is 11.4 Å². The Kier molecular flexibility index (Phi) is 4.21. The molecule has 32 heavy (non-hydrogen) atoms. The predicted octanol–water partition coefficient (Wildman–Crippen LogP) is -0.395. The smallest absolute Gasteiger partial charge is 0.255 e. The number of nitrogens with two attached hydrogens (primary N) is 1. The molecule has 7 N–H and O–H groups in total. The van der Waals surface area contributed by atoms with Gasteiger partial charge in [0.2, 0.25) is 5.78 Å². The largest absolute Gasteiger partial charge is 0.508 e. The minimum Gasteiger partial charge on any atom is -0.508 e. The fourth-order valence-electron chi connectivity index (χ4n) is 5.55. The van der Waals surface area contributed by atoms with Crippen molar-refractivity contribution < 1.29 is 39.9 Å². The number of phenols is 1. The van der Waals surface area contributed by atoms with Crippen LogP contribution in [0.1, 0.15) is 24.0 Å². The number of aromatic hydroxyl groups is 1. The molecule has 1 heterocycles. The highest BCUT2D eigenvalue weighted by atomic mass is 16.3. The highest BCUT2D eigenvalue weighted by Gasteiger charge is 2.60. The second-order valence-electron chi connectivity index (χ2n) is 8.92. The van der Waals surface area contributed by atoms with E-state index in [1.807, 2.05) is 4.90 Å². The van der Waals surface area contributed by atoms with Gasteiger partial charge in [0.25, 0.3) is 5.91 Å². The second kappa shape index (κ2) is 6.57. The van der Waals surface area contributed by atoms with Crippen molar-refractivity contribution in [3.05, 3.63) is 40.2 Å². The monoisotopic (exact) mass is 442 g/mol. The molecule has 1 aromatic rings. The molecule has 3 atom stereocenters. The molecule has 3 aliphatic carbocycles. The maximum Gasteiger partial charge on any atom is 0.255 e. The molecular weight excluding hydrogens is 420 g/mol. The summed E-state index contributed by atoms with van der Waals surface area (Å²) in [4.78, 5) is 39.3. The number of anilines is 1. The van der Waals surface area contributed by atoms with Gasteiger partial charge in [-0.05, 0) is 36.5 Å². The zero-order valence-electron chi connectivity index (χ0n) is 16.9. The van der Waals surface area contributed by atoms with E-state index >= 15 is 0 Å². The minimum atomic E-state index is -2.57. The molecule has 0 radical (unpaired) electrons. The molecule has 10 heteroatoms. The maximum atomic E-state index is 13.4. The number of Topliss-reactive ketones (excluding diaryl/α,β-unsaturated/α-hetero) is 2. The molecule has 0 spiro atoms. The summed E-state index contributed by atoms with van der Waals surface area (Å²) in [6.07, 6.45) is -0.505. The lowest BCUT2D eigenvalue weighted by Gasteiger charge is -2.47. The topological polar surface area (TPSA) is 182 Å². The fraction of sp³-hybridized carbons (Fsp3) is 0.409. The molecule has 168 valence electrons. The Morgan fingerprint density at radius 2 is 1.81 bits per heavy atom. The maximum absolute atomic E-state index is 13.4. The number of carbonyl (C=O) groups excluding carboxylic acids is 3. The summed E-state index contributed by atoms with van der Waals surface area (Å²) in [5.41, 5.74) is 2.99. The van der Waals surface area contributed by atoms with E-state index in [-0.39, 0.29) is 36.1 Å². The van der Waals surface area contributed by atoms with E-state index < -0.39 is 58.1 Å². The number of benzene rings is 1. The van der Waals surface area contributed by atoms with Gasteiger partial charge in [0.1, 0.15) is 22.8 Å². The number of hydrogen-bond acceptors (Lipinski definition) is 9. The number of amides is 1. The van der Waals surface area contributed by atoms with E-state index in [2.05, 4.69) is 0 Å². The summed E-state index contributed by atoms with van der Waals surface area (Å²) in [5.74, 6) is -6.46. The molecule has 1 amide bonds. The summed E-state index contributed by atoms with van der Waals surface area (Å²) < 4.78 is 0. The zero-order chi connectivity index (χ0) is 23.1. The second-order valence-corrected chi connectivity index (χ2v) is 8.92. The Morgan fingerprint density at radius 1 is 1.12 bits per heavy atom. The number of carbonyl (C=O) groups is 3. The normalized spacial score (nSPS) is 30.0. The number of ketones is 2. The van der Waals surface area contributed by atoms with E-state index in [0.717, 1.165) is 0 Å². The van der Waals surface area contributed by atoms with Gasteiger partial charge in [-0.1, -0.05) is 0 Å². The number of aliphatic hydroxyl groups is 4. The first-order valence-electron chi connectivity index (χ1n) is 10.3. The number of nitrogens with zero attached hydrogens (tertiary/aromatic N) is 1. The molecule has 1 saturated carbocycles. The average molecular weight is 442 g/mol. The van der Waals surface area contributed by atoms with E-state index in [4.69, 9.17) is 5.73 Å². The third kappa shape index (κ3) is 2.50. The molecule has 0 aromatic heterocycles. The zero-order valence-corrected chi connectivity index (χ0v) is 16.9. The van der Waals surface area contributed by atoms with Gasteiger partial charge in [-0.25, -0.2) is 0 Å². The Balaban J connectivity index is 1.67. The molecule has 1 aromatic carbocycles. The lowest BCUT2D eigenvalue weighted by molar-refractivity contribution is -0.147. The van der Waals surface area contributed by atoms with Crippen LogP contribution in [0, 0.1) is 11.8 Å². The van der Waals surface area contributed by atoms with Crippen LogP contribution in [-0.2, 0) is 20.8 Å². The fourth-order valence-corrected chi connectivity index (χ4v) is 5.55. The van der Waals surface area contributed by atoms with Crippen molar-refractivity contribution in [1.82, 2.24) is 0 Å². The van der Waals surface area contributed by atoms with Crippen LogP contribution in [-0.4, -0.2) is 67.8 Å². The molecule has 0 unspecified atom stereocenters. The van der Waals surface area contributed by atoms with Crippen molar-refractivity contribution in [2.24, 2.45) is 17.6 Å². The van der Waals surface area contributed by atoms with E-state index in [9.17, 15) is 39.9 Å². The van der Waals surface area contributed by atoms with Crippen LogP contribution in [0.4, 0.5) is 5.69 Å². The molecule has 0 bridgehead atoms. The first-order chi connectivity index (χ1) is 15.1. The molecular formula is C22H22N2O8. The Labute approximate surface area is 181 Å². The van der Waals surface area contributed by atoms with Crippen molar-refractivity contribution in [2.75, 3.05) is 18.0 Å². The van der Waals surface area contributed by atoms with Crippen LogP contribution in [0.3, 0.4) is 0 Å². The van der Waals surface area contributed by atoms with Crippen molar-refractivity contribution in [3.63, 3.8) is 0 Å². The van der Waals surface area contributed by atoms with E-state index in [1.165, 1.54) is 6.07 Å². The van der Waals surface area contributed by atoms with Gasteiger partial charge in [0.05, 0.1) is 11.7 Å². The summed E-state index contributed by atoms with van der Waals surface area (Å²) in [5, 5.41) is 52.9. The Morgan fingerprint density at radius 3 is 2.44 bits per heavy atom. The van der Waals surface area contributed by atoms with Crippen molar-refractivity contribution in [1.29, 1.82) is 0 Å². The average Bonchev–Trinajstić information content (AvgIpc) is 2.68. The molecule has 2 fully saturated rings. The van der Waals surface area contributed by atoms with E-state index in [1.54, 1.807) is 6.07 Å².